The third kappa shape index (κ3) is 6.92. The topological polar surface area (TPSA) is 107 Å². The number of hydrogen-bond acceptors (Lipinski definition) is 6. The summed E-state index contributed by atoms with van der Waals surface area (Å²) in [6.45, 7) is -0.519. The standard InChI is InChI=1S/C12H17B3O7S/c13-6-7-3-8(14)4-9(15)12(7)22-11(17)5-10(16)21-1-2-23(18,19)20/h3-4H,1-2,5-6,13-15H2,(H,18,19,20). The number of benzene rings is 1. The van der Waals surface area contributed by atoms with Crippen LogP contribution in [0.3, 0.4) is 0 Å². The molecule has 0 bridgehead atoms. The molecule has 0 amide bonds. The Labute approximate surface area is 137 Å². The smallest absolute Gasteiger partial charge is 0.322 e. The molecular weight excluding hydrogens is 321 g/mol. The summed E-state index contributed by atoms with van der Waals surface area (Å²) in [6.07, 6.45) is 0.0336. The quantitative estimate of drug-likeness (QED) is 0.178. The van der Waals surface area contributed by atoms with Crippen molar-refractivity contribution in [2.24, 2.45) is 0 Å². The van der Waals surface area contributed by atoms with Gasteiger partial charge in [-0.05, 0) is 11.0 Å². The zero-order valence-electron chi connectivity index (χ0n) is 13.3. The molecule has 0 unspecified atom stereocenters. The maximum Gasteiger partial charge on any atom is 0.322 e. The molecule has 23 heavy (non-hydrogen) atoms. The van der Waals surface area contributed by atoms with Gasteiger partial charge in [0, 0.05) is 0 Å². The van der Waals surface area contributed by atoms with E-state index < -0.39 is 40.8 Å². The van der Waals surface area contributed by atoms with Crippen LogP contribution in [0.15, 0.2) is 12.1 Å². The number of rotatable bonds is 7. The molecule has 1 N–H and O–H groups in total. The number of ether oxygens (including phenoxy) is 2. The van der Waals surface area contributed by atoms with Gasteiger partial charge in [0.1, 0.15) is 48.1 Å². The minimum Gasteiger partial charge on any atom is -0.464 e. The first-order chi connectivity index (χ1) is 10.6. The molecule has 0 aliphatic rings. The lowest BCUT2D eigenvalue weighted by Gasteiger charge is -2.13. The van der Waals surface area contributed by atoms with Crippen LogP contribution in [0.5, 0.6) is 5.75 Å². The summed E-state index contributed by atoms with van der Waals surface area (Å²) < 4.78 is 39.3. The second kappa shape index (κ2) is 8.21. The van der Waals surface area contributed by atoms with Gasteiger partial charge in [0.2, 0.25) is 0 Å². The normalized spacial score (nSPS) is 11.0. The first-order valence-electron chi connectivity index (χ1n) is 7.04. The van der Waals surface area contributed by atoms with Crippen molar-refractivity contribution in [3.8, 4) is 5.75 Å². The lowest BCUT2D eigenvalue weighted by atomic mass is 9.81. The van der Waals surface area contributed by atoms with Crippen LogP contribution in [-0.4, -0.2) is 60.8 Å². The van der Waals surface area contributed by atoms with E-state index in [2.05, 4.69) is 4.74 Å². The van der Waals surface area contributed by atoms with E-state index in [9.17, 15) is 18.0 Å². The van der Waals surface area contributed by atoms with E-state index in [1.807, 2.05) is 27.8 Å². The molecule has 0 fully saturated rings. The Bertz CT molecular complexity index is 703. The highest BCUT2D eigenvalue weighted by molar-refractivity contribution is 7.85. The molecule has 0 aliphatic heterocycles. The zero-order valence-corrected chi connectivity index (χ0v) is 14.1. The van der Waals surface area contributed by atoms with E-state index >= 15 is 0 Å². The molecule has 1 rings (SSSR count). The second-order valence-electron chi connectivity index (χ2n) is 5.08. The number of esters is 2. The largest absolute Gasteiger partial charge is 0.464 e. The first kappa shape index (κ1) is 19.3. The van der Waals surface area contributed by atoms with E-state index in [1.165, 1.54) is 0 Å². The average molecular weight is 338 g/mol. The van der Waals surface area contributed by atoms with Crippen molar-refractivity contribution in [2.75, 3.05) is 12.4 Å². The third-order valence-electron chi connectivity index (χ3n) is 2.99. The lowest BCUT2D eigenvalue weighted by molar-refractivity contribution is -0.149. The van der Waals surface area contributed by atoms with Gasteiger partial charge in [-0.25, -0.2) is 0 Å². The van der Waals surface area contributed by atoms with Crippen LogP contribution >= 0.6 is 0 Å². The number of hydrogen-bond donors (Lipinski definition) is 1. The van der Waals surface area contributed by atoms with Gasteiger partial charge in [0.25, 0.3) is 10.1 Å². The van der Waals surface area contributed by atoms with Crippen LogP contribution in [-0.2, 0) is 30.8 Å². The van der Waals surface area contributed by atoms with Gasteiger partial charge in [-0.3, -0.25) is 14.1 Å². The van der Waals surface area contributed by atoms with E-state index in [0.717, 1.165) is 16.5 Å². The minimum atomic E-state index is -4.21. The summed E-state index contributed by atoms with van der Waals surface area (Å²) in [5.41, 5.74) is 2.69. The lowest BCUT2D eigenvalue weighted by Crippen LogP contribution is -2.24. The van der Waals surface area contributed by atoms with Crippen molar-refractivity contribution in [3.63, 3.8) is 0 Å². The monoisotopic (exact) mass is 338 g/mol. The van der Waals surface area contributed by atoms with E-state index in [4.69, 9.17) is 9.29 Å². The van der Waals surface area contributed by atoms with Gasteiger partial charge < -0.3 is 9.47 Å². The van der Waals surface area contributed by atoms with Gasteiger partial charge in [0.05, 0.1) is 0 Å². The Morgan fingerprint density at radius 2 is 1.83 bits per heavy atom. The molecule has 1 aromatic carbocycles. The zero-order chi connectivity index (χ0) is 17.6. The van der Waals surface area contributed by atoms with Gasteiger partial charge in [-0.15, -0.1) is 0 Å². The molecule has 0 spiro atoms. The van der Waals surface area contributed by atoms with E-state index in [1.54, 1.807) is 7.85 Å². The maximum absolute atomic E-state index is 11.8. The summed E-state index contributed by atoms with van der Waals surface area (Å²) in [6, 6.07) is 3.77. The molecule has 11 heteroatoms. The molecule has 7 nitrogen and oxygen atoms in total. The van der Waals surface area contributed by atoms with Crippen LogP contribution in [0.1, 0.15) is 12.0 Å². The fourth-order valence-corrected chi connectivity index (χ4v) is 2.32. The molecule has 0 aliphatic carbocycles. The van der Waals surface area contributed by atoms with E-state index in [0.29, 0.717) is 12.1 Å². The average Bonchev–Trinajstić information content (AvgIpc) is 2.39. The van der Waals surface area contributed by atoms with E-state index in [-0.39, 0.29) is 0 Å². The molecule has 0 saturated heterocycles. The highest BCUT2D eigenvalue weighted by Crippen LogP contribution is 2.14. The van der Waals surface area contributed by atoms with Gasteiger partial charge in [0.15, 0.2) is 0 Å². The second-order valence-corrected chi connectivity index (χ2v) is 6.65. The van der Waals surface area contributed by atoms with Gasteiger partial charge in [-0.2, -0.15) is 8.42 Å². The Balaban J connectivity index is 2.62. The van der Waals surface area contributed by atoms with Crippen LogP contribution in [0.2, 0.25) is 0 Å². The van der Waals surface area contributed by atoms with Crippen LogP contribution < -0.4 is 15.7 Å². The predicted octanol–water partition coefficient (Wildman–Crippen LogP) is -3.94. The first-order valence-corrected chi connectivity index (χ1v) is 8.65. The molecular formula is C12H17B3O7S. The highest BCUT2D eigenvalue weighted by Gasteiger charge is 2.17. The fraction of sp³-hybridized carbons (Fsp3) is 0.333. The molecule has 0 atom stereocenters. The maximum atomic E-state index is 11.8. The summed E-state index contributed by atoms with van der Waals surface area (Å²) in [5.74, 6) is -2.00. The van der Waals surface area contributed by atoms with Crippen molar-refractivity contribution in [2.45, 2.75) is 12.7 Å². The Morgan fingerprint density at radius 3 is 2.39 bits per heavy atom. The van der Waals surface area contributed by atoms with Crippen molar-refractivity contribution < 1.29 is 32.0 Å². The molecule has 0 saturated carbocycles. The third-order valence-corrected chi connectivity index (χ3v) is 3.67. The van der Waals surface area contributed by atoms with Crippen molar-refractivity contribution >= 4 is 56.5 Å². The van der Waals surface area contributed by atoms with Gasteiger partial charge in [-0.1, -0.05) is 23.9 Å². The molecule has 0 aromatic heterocycles. The summed E-state index contributed by atoms with van der Waals surface area (Å²) in [4.78, 5) is 23.2. The molecule has 0 radical (unpaired) electrons. The van der Waals surface area contributed by atoms with Crippen molar-refractivity contribution in [1.29, 1.82) is 0 Å². The Hall–Kier alpha value is -1.74. The molecule has 122 valence electrons. The van der Waals surface area contributed by atoms with Crippen LogP contribution in [0.25, 0.3) is 0 Å². The highest BCUT2D eigenvalue weighted by atomic mass is 32.2. The van der Waals surface area contributed by atoms with Gasteiger partial charge >= 0.3 is 11.9 Å². The SMILES string of the molecule is BCc1cc(B)cc(B)c1OC(=O)CC(=O)OCCS(=O)(=O)O. The minimum absolute atomic E-state index is 0.425. The summed E-state index contributed by atoms with van der Waals surface area (Å²) >= 11 is 0. The number of carbonyl (C=O) groups excluding carboxylic acids is 2. The number of carbonyl (C=O) groups is 2. The van der Waals surface area contributed by atoms with Crippen LogP contribution in [0, 0.1) is 0 Å². The molecule has 0 heterocycles. The molecule has 1 aromatic rings. The predicted molar refractivity (Wildman–Crippen MR) is 92.7 cm³/mol. The summed E-state index contributed by atoms with van der Waals surface area (Å²) in [7, 11) is 1.46. The summed E-state index contributed by atoms with van der Waals surface area (Å²) in [5, 5.41) is 0. The van der Waals surface area contributed by atoms with Crippen LogP contribution in [0.4, 0.5) is 0 Å². The van der Waals surface area contributed by atoms with Crippen molar-refractivity contribution in [3.05, 3.63) is 17.7 Å². The van der Waals surface area contributed by atoms with Crippen molar-refractivity contribution in [1.82, 2.24) is 0 Å². The Kier molecular flexibility index (Phi) is 6.89. The fourth-order valence-electron chi connectivity index (χ4n) is 2.03. The Morgan fingerprint density at radius 1 is 1.17 bits per heavy atom.